The standard InChI is InChI=1S/C20H21N3O8/c1-12-10-15(13-6-4-7-14(11-13)23(28)29)20(16(24)25,18(27)30-3)19(2,22-12)17(26)31-9-5-8-21/h4,6-7,10-11,15,22H,5,9H2,1-3H3,(H,24,25). The second kappa shape index (κ2) is 8.83. The molecular formula is C20H21N3O8. The number of aliphatic carboxylic acids is 1. The number of nitro benzene ring substituents is 1. The molecule has 2 rings (SSSR count). The zero-order valence-corrected chi connectivity index (χ0v) is 17.1. The van der Waals surface area contributed by atoms with E-state index < -0.39 is 39.7 Å². The van der Waals surface area contributed by atoms with E-state index in [2.05, 4.69) is 5.32 Å². The minimum absolute atomic E-state index is 0.124. The van der Waals surface area contributed by atoms with E-state index >= 15 is 0 Å². The number of nitro groups is 1. The number of hydrogen-bond donors (Lipinski definition) is 2. The summed E-state index contributed by atoms with van der Waals surface area (Å²) in [5, 5.41) is 32.9. The third-order valence-electron chi connectivity index (χ3n) is 5.26. The molecule has 0 fully saturated rings. The van der Waals surface area contributed by atoms with Crippen molar-refractivity contribution in [1.82, 2.24) is 5.32 Å². The topological polar surface area (TPSA) is 169 Å². The maximum atomic E-state index is 13.0. The van der Waals surface area contributed by atoms with Crippen LogP contribution in [0.1, 0.15) is 31.7 Å². The number of benzene rings is 1. The Kier molecular flexibility index (Phi) is 6.65. The zero-order chi connectivity index (χ0) is 23.4. The van der Waals surface area contributed by atoms with Crippen LogP contribution in [0.25, 0.3) is 0 Å². The van der Waals surface area contributed by atoms with Gasteiger partial charge in [0.1, 0.15) is 6.61 Å². The molecule has 0 spiro atoms. The first-order chi connectivity index (χ1) is 14.6. The number of carbonyl (C=O) groups excluding carboxylic acids is 2. The van der Waals surface area contributed by atoms with Crippen molar-refractivity contribution in [3.63, 3.8) is 0 Å². The summed E-state index contributed by atoms with van der Waals surface area (Å²) in [6.45, 7) is 2.43. The molecule has 3 atom stereocenters. The Hall–Kier alpha value is -3.94. The molecule has 11 nitrogen and oxygen atoms in total. The quantitative estimate of drug-likeness (QED) is 0.213. The lowest BCUT2D eigenvalue weighted by molar-refractivity contribution is -0.384. The summed E-state index contributed by atoms with van der Waals surface area (Å²) in [5.41, 5.74) is -4.57. The van der Waals surface area contributed by atoms with Gasteiger partial charge in [0.25, 0.3) is 5.69 Å². The Labute approximate surface area is 177 Å². The van der Waals surface area contributed by atoms with E-state index in [1.54, 1.807) is 13.0 Å². The Morgan fingerprint density at radius 3 is 2.58 bits per heavy atom. The van der Waals surface area contributed by atoms with E-state index in [4.69, 9.17) is 14.7 Å². The maximum absolute atomic E-state index is 13.0. The van der Waals surface area contributed by atoms with Crippen LogP contribution < -0.4 is 5.32 Å². The lowest BCUT2D eigenvalue weighted by Gasteiger charge is -2.48. The van der Waals surface area contributed by atoms with Gasteiger partial charge >= 0.3 is 17.9 Å². The average molecular weight is 431 g/mol. The van der Waals surface area contributed by atoms with Crippen LogP contribution in [0.15, 0.2) is 36.0 Å². The van der Waals surface area contributed by atoms with Crippen LogP contribution in [0.2, 0.25) is 0 Å². The van der Waals surface area contributed by atoms with Gasteiger partial charge in [-0.1, -0.05) is 18.2 Å². The number of hydrogen-bond acceptors (Lipinski definition) is 9. The van der Waals surface area contributed by atoms with E-state index in [1.807, 2.05) is 0 Å². The number of carboxylic acids is 1. The molecule has 0 aromatic heterocycles. The van der Waals surface area contributed by atoms with Crippen molar-refractivity contribution in [1.29, 1.82) is 5.26 Å². The summed E-state index contributed by atoms with van der Waals surface area (Å²) in [5.74, 6) is -5.33. The van der Waals surface area contributed by atoms with E-state index in [0.717, 1.165) is 13.2 Å². The fraction of sp³-hybridized carbons (Fsp3) is 0.400. The molecule has 1 aromatic rings. The Bertz CT molecular complexity index is 998. The summed E-state index contributed by atoms with van der Waals surface area (Å²) < 4.78 is 9.90. The molecule has 1 heterocycles. The summed E-state index contributed by atoms with van der Waals surface area (Å²) in [7, 11) is 0.976. The molecule has 0 aliphatic carbocycles. The first-order valence-corrected chi connectivity index (χ1v) is 9.13. The normalized spacial score (nSPS) is 24.7. The van der Waals surface area contributed by atoms with Crippen molar-refractivity contribution < 1.29 is 33.9 Å². The van der Waals surface area contributed by atoms with Gasteiger partial charge in [-0.05, 0) is 19.4 Å². The Balaban J connectivity index is 2.81. The van der Waals surface area contributed by atoms with Crippen molar-refractivity contribution in [2.24, 2.45) is 5.41 Å². The van der Waals surface area contributed by atoms with Gasteiger partial charge in [-0.2, -0.15) is 5.26 Å². The number of carbonyl (C=O) groups is 3. The summed E-state index contributed by atoms with van der Waals surface area (Å²) in [4.78, 5) is 49.3. The van der Waals surface area contributed by atoms with E-state index in [9.17, 15) is 29.6 Å². The second-order valence-corrected chi connectivity index (χ2v) is 7.08. The smallest absolute Gasteiger partial charge is 0.333 e. The third-order valence-corrected chi connectivity index (χ3v) is 5.26. The van der Waals surface area contributed by atoms with Crippen molar-refractivity contribution in [2.45, 2.75) is 31.7 Å². The molecular weight excluding hydrogens is 410 g/mol. The molecule has 0 saturated carbocycles. The minimum atomic E-state index is -2.57. The monoisotopic (exact) mass is 431 g/mol. The number of nitrogens with one attached hydrogen (secondary N) is 1. The van der Waals surface area contributed by atoms with Crippen LogP contribution >= 0.6 is 0 Å². The first kappa shape index (κ1) is 23.3. The lowest BCUT2D eigenvalue weighted by Crippen LogP contribution is -2.71. The maximum Gasteiger partial charge on any atom is 0.333 e. The van der Waals surface area contributed by atoms with Gasteiger partial charge in [0.15, 0.2) is 5.54 Å². The van der Waals surface area contributed by atoms with Gasteiger partial charge in [-0.25, -0.2) is 4.79 Å². The number of nitrogens with zero attached hydrogens (tertiary/aromatic N) is 2. The number of rotatable bonds is 7. The predicted molar refractivity (Wildman–Crippen MR) is 104 cm³/mol. The highest BCUT2D eigenvalue weighted by Crippen LogP contribution is 2.51. The van der Waals surface area contributed by atoms with Crippen LogP contribution in [-0.2, 0) is 23.9 Å². The SMILES string of the molecule is COC(=O)C1(C(=O)O)C(c2cccc([N+](=O)[O-])c2)C=C(C)NC1(C)C(=O)OCCC#N. The number of non-ortho nitro benzene ring substituents is 1. The average Bonchev–Trinajstić information content (AvgIpc) is 2.72. The van der Waals surface area contributed by atoms with Crippen molar-refractivity contribution >= 4 is 23.6 Å². The highest BCUT2D eigenvalue weighted by Gasteiger charge is 2.70. The molecule has 2 N–H and O–H groups in total. The van der Waals surface area contributed by atoms with Crippen LogP contribution in [0.4, 0.5) is 5.69 Å². The van der Waals surface area contributed by atoms with Gasteiger partial charge in [0.2, 0.25) is 5.41 Å². The number of allylic oxidation sites excluding steroid dienone is 2. The molecule has 0 radical (unpaired) electrons. The number of carboxylic acid groups (broad SMARTS) is 1. The van der Waals surface area contributed by atoms with Gasteiger partial charge < -0.3 is 19.9 Å². The van der Waals surface area contributed by atoms with E-state index in [0.29, 0.717) is 5.70 Å². The highest BCUT2D eigenvalue weighted by atomic mass is 16.6. The molecule has 1 aliphatic rings. The lowest BCUT2D eigenvalue weighted by atomic mass is 9.58. The second-order valence-electron chi connectivity index (χ2n) is 7.08. The summed E-state index contributed by atoms with van der Waals surface area (Å²) >= 11 is 0. The number of methoxy groups -OCH3 is 1. The van der Waals surface area contributed by atoms with Crippen molar-refractivity contribution in [2.75, 3.05) is 13.7 Å². The fourth-order valence-corrected chi connectivity index (χ4v) is 3.87. The molecule has 0 amide bonds. The van der Waals surface area contributed by atoms with Crippen LogP contribution in [-0.4, -0.2) is 47.2 Å². The number of esters is 2. The first-order valence-electron chi connectivity index (χ1n) is 9.13. The molecule has 11 heteroatoms. The van der Waals surface area contributed by atoms with Gasteiger partial charge in [-0.15, -0.1) is 0 Å². The Morgan fingerprint density at radius 2 is 2.03 bits per heavy atom. The van der Waals surface area contributed by atoms with Gasteiger partial charge in [-0.3, -0.25) is 19.7 Å². The number of nitriles is 1. The van der Waals surface area contributed by atoms with Gasteiger partial charge in [0, 0.05) is 23.7 Å². The fourth-order valence-electron chi connectivity index (χ4n) is 3.87. The van der Waals surface area contributed by atoms with E-state index in [-0.39, 0.29) is 24.3 Å². The summed E-state index contributed by atoms with van der Waals surface area (Å²) in [6.07, 6.45) is 1.26. The number of ether oxygens (including phenoxy) is 2. The molecule has 1 aliphatic heterocycles. The molecule has 164 valence electrons. The minimum Gasteiger partial charge on any atom is -0.480 e. The predicted octanol–water partition coefficient (Wildman–Crippen LogP) is 1.64. The molecule has 31 heavy (non-hydrogen) atoms. The Morgan fingerprint density at radius 1 is 1.35 bits per heavy atom. The molecule has 3 unspecified atom stereocenters. The van der Waals surface area contributed by atoms with Crippen molar-refractivity contribution in [3.05, 3.63) is 51.7 Å². The van der Waals surface area contributed by atoms with Gasteiger partial charge in [0.05, 0.1) is 24.5 Å². The highest BCUT2D eigenvalue weighted by molar-refractivity contribution is 6.08. The summed E-state index contributed by atoms with van der Waals surface area (Å²) in [6, 6.07) is 6.93. The van der Waals surface area contributed by atoms with E-state index in [1.165, 1.54) is 31.2 Å². The molecule has 1 aromatic carbocycles. The largest absolute Gasteiger partial charge is 0.480 e. The third kappa shape index (κ3) is 3.79. The van der Waals surface area contributed by atoms with Crippen LogP contribution in [0.3, 0.4) is 0 Å². The van der Waals surface area contributed by atoms with Crippen LogP contribution in [0.5, 0.6) is 0 Å². The molecule has 0 bridgehead atoms. The zero-order valence-electron chi connectivity index (χ0n) is 17.1. The van der Waals surface area contributed by atoms with Crippen LogP contribution in [0, 0.1) is 26.9 Å². The molecule has 0 saturated heterocycles. The van der Waals surface area contributed by atoms with Crippen molar-refractivity contribution in [3.8, 4) is 6.07 Å².